The standard InChI is InChI=1S/C13H19NO3S/c1-12-6-8-13(9-7-12)18(16,17)14-10-4-2-3-5-11-15/h2-3,6-9,14-15H,4-5,10-11H2,1H3/b3-2-. The quantitative estimate of drug-likeness (QED) is 0.583. The van der Waals surface area contributed by atoms with Gasteiger partial charge < -0.3 is 5.11 Å². The highest BCUT2D eigenvalue weighted by atomic mass is 32.2. The molecular formula is C13H19NO3S. The van der Waals surface area contributed by atoms with Crippen molar-refractivity contribution in [3.8, 4) is 0 Å². The Labute approximate surface area is 108 Å². The molecule has 0 amide bonds. The highest BCUT2D eigenvalue weighted by Gasteiger charge is 2.11. The Hall–Kier alpha value is -1.17. The number of benzene rings is 1. The van der Waals surface area contributed by atoms with Gasteiger partial charge in [-0.3, -0.25) is 0 Å². The SMILES string of the molecule is Cc1ccc(S(=O)(=O)NCC/C=C\CCO)cc1. The number of aliphatic hydroxyl groups is 1. The molecule has 2 N–H and O–H groups in total. The Morgan fingerprint density at radius 3 is 2.39 bits per heavy atom. The fourth-order valence-corrected chi connectivity index (χ4v) is 2.44. The summed E-state index contributed by atoms with van der Waals surface area (Å²) in [5.74, 6) is 0. The van der Waals surface area contributed by atoms with E-state index in [4.69, 9.17) is 5.11 Å². The molecule has 0 aliphatic carbocycles. The van der Waals surface area contributed by atoms with Crippen molar-refractivity contribution in [1.29, 1.82) is 0 Å². The number of rotatable bonds is 7. The molecule has 100 valence electrons. The molecule has 18 heavy (non-hydrogen) atoms. The van der Waals surface area contributed by atoms with Crippen LogP contribution in [-0.4, -0.2) is 26.7 Å². The molecule has 0 saturated carbocycles. The van der Waals surface area contributed by atoms with E-state index in [1.165, 1.54) is 0 Å². The second-order valence-electron chi connectivity index (χ2n) is 3.98. The zero-order valence-electron chi connectivity index (χ0n) is 10.5. The first-order chi connectivity index (χ1) is 8.56. The molecule has 5 heteroatoms. The summed E-state index contributed by atoms with van der Waals surface area (Å²) in [6.45, 7) is 2.39. The predicted octanol–water partition coefficient (Wildman–Crippen LogP) is 1.60. The van der Waals surface area contributed by atoms with Gasteiger partial charge in [-0.25, -0.2) is 13.1 Å². The van der Waals surface area contributed by atoms with E-state index in [9.17, 15) is 8.42 Å². The Morgan fingerprint density at radius 1 is 1.17 bits per heavy atom. The molecule has 0 saturated heterocycles. The largest absolute Gasteiger partial charge is 0.396 e. The lowest BCUT2D eigenvalue weighted by atomic mass is 10.2. The fraction of sp³-hybridized carbons (Fsp3) is 0.385. The predicted molar refractivity (Wildman–Crippen MR) is 71.8 cm³/mol. The van der Waals surface area contributed by atoms with E-state index in [0.29, 0.717) is 19.4 Å². The number of sulfonamides is 1. The molecule has 0 aliphatic heterocycles. The van der Waals surface area contributed by atoms with E-state index in [2.05, 4.69) is 4.72 Å². The summed E-state index contributed by atoms with van der Waals surface area (Å²) in [7, 11) is -3.40. The normalized spacial score (nSPS) is 12.1. The lowest BCUT2D eigenvalue weighted by Crippen LogP contribution is -2.24. The number of hydrogen-bond acceptors (Lipinski definition) is 3. The maximum Gasteiger partial charge on any atom is 0.240 e. The van der Waals surface area contributed by atoms with Crippen LogP contribution in [0.3, 0.4) is 0 Å². The number of nitrogens with one attached hydrogen (secondary N) is 1. The van der Waals surface area contributed by atoms with Crippen LogP contribution < -0.4 is 4.72 Å². The second kappa shape index (κ2) is 7.31. The van der Waals surface area contributed by atoms with Crippen LogP contribution in [0.1, 0.15) is 18.4 Å². The molecule has 1 aromatic rings. The first-order valence-corrected chi connectivity index (χ1v) is 7.37. The van der Waals surface area contributed by atoms with E-state index >= 15 is 0 Å². The van der Waals surface area contributed by atoms with Crippen LogP contribution in [0.5, 0.6) is 0 Å². The lowest BCUT2D eigenvalue weighted by molar-refractivity contribution is 0.302. The first-order valence-electron chi connectivity index (χ1n) is 5.88. The number of aliphatic hydroxyl groups excluding tert-OH is 1. The van der Waals surface area contributed by atoms with Crippen molar-refractivity contribution in [2.24, 2.45) is 0 Å². The topological polar surface area (TPSA) is 66.4 Å². The maximum atomic E-state index is 11.9. The molecule has 0 unspecified atom stereocenters. The molecule has 0 spiro atoms. The van der Waals surface area contributed by atoms with Crippen molar-refractivity contribution < 1.29 is 13.5 Å². The highest BCUT2D eigenvalue weighted by molar-refractivity contribution is 7.89. The van der Waals surface area contributed by atoms with Gasteiger partial charge >= 0.3 is 0 Å². The number of aryl methyl sites for hydroxylation is 1. The molecule has 0 atom stereocenters. The third-order valence-corrected chi connectivity index (χ3v) is 3.87. The fourth-order valence-electron chi connectivity index (χ4n) is 1.39. The summed E-state index contributed by atoms with van der Waals surface area (Å²) in [5, 5.41) is 8.56. The van der Waals surface area contributed by atoms with Crippen LogP contribution in [-0.2, 0) is 10.0 Å². The van der Waals surface area contributed by atoms with Gasteiger partial charge in [-0.05, 0) is 31.9 Å². The molecule has 0 aromatic heterocycles. The van der Waals surface area contributed by atoms with Gasteiger partial charge in [0.2, 0.25) is 10.0 Å². The van der Waals surface area contributed by atoms with Crippen LogP contribution in [0.2, 0.25) is 0 Å². The average molecular weight is 269 g/mol. The molecule has 0 fully saturated rings. The molecule has 4 nitrogen and oxygen atoms in total. The van der Waals surface area contributed by atoms with Gasteiger partial charge in [0.05, 0.1) is 4.90 Å². The molecular weight excluding hydrogens is 250 g/mol. The van der Waals surface area contributed by atoms with Gasteiger partial charge in [-0.2, -0.15) is 0 Å². The molecule has 1 rings (SSSR count). The summed E-state index contributed by atoms with van der Waals surface area (Å²) in [6.07, 6.45) is 4.91. The minimum Gasteiger partial charge on any atom is -0.396 e. The van der Waals surface area contributed by atoms with Gasteiger partial charge in [-0.15, -0.1) is 0 Å². The summed E-state index contributed by atoms with van der Waals surface area (Å²) < 4.78 is 26.2. The molecule has 0 radical (unpaired) electrons. The van der Waals surface area contributed by atoms with Gasteiger partial charge in [0.25, 0.3) is 0 Å². The zero-order chi connectivity index (χ0) is 13.4. The Balaban J connectivity index is 2.48. The van der Waals surface area contributed by atoms with Gasteiger partial charge in [0.15, 0.2) is 0 Å². The van der Waals surface area contributed by atoms with Crippen molar-refractivity contribution in [3.63, 3.8) is 0 Å². The molecule has 1 aromatic carbocycles. The minimum absolute atomic E-state index is 0.117. The van der Waals surface area contributed by atoms with Gasteiger partial charge in [-0.1, -0.05) is 29.8 Å². The minimum atomic E-state index is -3.40. The maximum absolute atomic E-state index is 11.9. The third-order valence-electron chi connectivity index (χ3n) is 2.40. The van der Waals surface area contributed by atoms with Crippen molar-refractivity contribution in [1.82, 2.24) is 4.72 Å². The van der Waals surface area contributed by atoms with Crippen LogP contribution >= 0.6 is 0 Å². The summed E-state index contributed by atoms with van der Waals surface area (Å²) >= 11 is 0. The van der Waals surface area contributed by atoms with Crippen molar-refractivity contribution >= 4 is 10.0 Å². The smallest absolute Gasteiger partial charge is 0.240 e. The van der Waals surface area contributed by atoms with Crippen molar-refractivity contribution in [2.75, 3.05) is 13.2 Å². The van der Waals surface area contributed by atoms with E-state index in [0.717, 1.165) is 5.56 Å². The Kier molecular flexibility index (Phi) is 6.04. The molecule has 0 bridgehead atoms. The first kappa shape index (κ1) is 14.9. The zero-order valence-corrected chi connectivity index (χ0v) is 11.3. The lowest BCUT2D eigenvalue weighted by Gasteiger charge is -2.05. The van der Waals surface area contributed by atoms with E-state index in [-0.39, 0.29) is 11.5 Å². The van der Waals surface area contributed by atoms with E-state index in [1.54, 1.807) is 24.3 Å². The van der Waals surface area contributed by atoms with E-state index < -0.39 is 10.0 Å². The number of hydrogen-bond donors (Lipinski definition) is 2. The van der Waals surface area contributed by atoms with Gasteiger partial charge in [0, 0.05) is 13.2 Å². The van der Waals surface area contributed by atoms with Crippen LogP contribution in [0, 0.1) is 6.92 Å². The molecule has 0 aliphatic rings. The van der Waals surface area contributed by atoms with Crippen molar-refractivity contribution in [3.05, 3.63) is 42.0 Å². The van der Waals surface area contributed by atoms with Crippen LogP contribution in [0.4, 0.5) is 0 Å². The third kappa shape index (κ3) is 5.00. The van der Waals surface area contributed by atoms with E-state index in [1.807, 2.05) is 19.1 Å². The van der Waals surface area contributed by atoms with Crippen molar-refractivity contribution in [2.45, 2.75) is 24.7 Å². The monoisotopic (exact) mass is 269 g/mol. The highest BCUT2D eigenvalue weighted by Crippen LogP contribution is 2.09. The van der Waals surface area contributed by atoms with Crippen LogP contribution in [0.15, 0.2) is 41.3 Å². The van der Waals surface area contributed by atoms with Gasteiger partial charge in [0.1, 0.15) is 0 Å². The molecule has 0 heterocycles. The summed E-state index contributed by atoms with van der Waals surface area (Å²) in [6, 6.07) is 6.74. The second-order valence-corrected chi connectivity index (χ2v) is 5.75. The Bertz CT molecular complexity index is 477. The van der Waals surface area contributed by atoms with Crippen LogP contribution in [0.25, 0.3) is 0 Å². The summed E-state index contributed by atoms with van der Waals surface area (Å²) in [4.78, 5) is 0.285. The summed E-state index contributed by atoms with van der Waals surface area (Å²) in [5.41, 5.74) is 1.03. The average Bonchev–Trinajstić information content (AvgIpc) is 2.34. The Morgan fingerprint density at radius 2 is 1.78 bits per heavy atom.